The van der Waals surface area contributed by atoms with Gasteiger partial charge < -0.3 is 10.0 Å². The van der Waals surface area contributed by atoms with Gasteiger partial charge >= 0.3 is 5.97 Å². The predicted molar refractivity (Wildman–Crippen MR) is 68.7 cm³/mol. The van der Waals surface area contributed by atoms with Gasteiger partial charge in [-0.15, -0.1) is 0 Å². The van der Waals surface area contributed by atoms with E-state index >= 15 is 0 Å². The molecule has 0 saturated carbocycles. The number of rotatable bonds is 3. The lowest BCUT2D eigenvalue weighted by Gasteiger charge is -2.24. The van der Waals surface area contributed by atoms with Crippen molar-refractivity contribution in [2.45, 2.75) is 39.2 Å². The van der Waals surface area contributed by atoms with E-state index in [4.69, 9.17) is 5.11 Å². The maximum Gasteiger partial charge on any atom is 0.310 e. The first-order valence-corrected chi connectivity index (χ1v) is 6.13. The van der Waals surface area contributed by atoms with Crippen LogP contribution in [0.15, 0.2) is 18.2 Å². The van der Waals surface area contributed by atoms with E-state index in [0.29, 0.717) is 6.04 Å². The summed E-state index contributed by atoms with van der Waals surface area (Å²) in [5, 5.41) is 9.01. The lowest BCUT2D eigenvalue weighted by Crippen LogP contribution is -2.28. The summed E-state index contributed by atoms with van der Waals surface area (Å²) in [5.74, 6) is -1.18. The normalized spacial score (nSPS) is 16.1. The molecule has 3 nitrogen and oxygen atoms in total. The topological polar surface area (TPSA) is 40.5 Å². The highest BCUT2D eigenvalue weighted by Gasteiger charge is 2.23. The Morgan fingerprint density at radius 2 is 2.06 bits per heavy atom. The number of nitrogens with zero attached hydrogens (tertiary/aromatic N) is 1. The van der Waals surface area contributed by atoms with Gasteiger partial charge in [0.15, 0.2) is 0 Å². The molecule has 0 amide bonds. The summed E-state index contributed by atoms with van der Waals surface area (Å²) in [6.07, 6.45) is 1.02. The van der Waals surface area contributed by atoms with Crippen molar-refractivity contribution in [3.05, 3.63) is 29.3 Å². The van der Waals surface area contributed by atoms with Crippen LogP contribution in [0.1, 0.15) is 37.8 Å². The van der Waals surface area contributed by atoms with Gasteiger partial charge in [-0.3, -0.25) is 4.79 Å². The number of benzene rings is 1. The van der Waals surface area contributed by atoms with Crippen molar-refractivity contribution in [1.82, 2.24) is 0 Å². The van der Waals surface area contributed by atoms with Gasteiger partial charge in [-0.25, -0.2) is 0 Å². The molecule has 0 aliphatic carbocycles. The number of carboxylic acids is 1. The van der Waals surface area contributed by atoms with Gasteiger partial charge in [-0.05, 0) is 44.4 Å². The summed E-state index contributed by atoms with van der Waals surface area (Å²) in [7, 11) is 0. The third-order valence-electron chi connectivity index (χ3n) is 3.53. The molecular weight excluding hydrogens is 214 g/mol. The highest BCUT2D eigenvalue weighted by molar-refractivity contribution is 5.76. The minimum Gasteiger partial charge on any atom is -0.481 e. The van der Waals surface area contributed by atoms with Gasteiger partial charge in [0.05, 0.1) is 5.92 Å². The zero-order valence-electron chi connectivity index (χ0n) is 10.6. The zero-order chi connectivity index (χ0) is 12.6. The van der Waals surface area contributed by atoms with Crippen molar-refractivity contribution in [3.8, 4) is 0 Å². The number of carbonyl (C=O) groups is 1. The first-order valence-electron chi connectivity index (χ1n) is 6.13. The molecule has 0 bridgehead atoms. The molecule has 0 fully saturated rings. The number of aliphatic carboxylic acids is 1. The van der Waals surface area contributed by atoms with E-state index in [1.54, 1.807) is 6.92 Å². The molecule has 0 spiro atoms. The molecule has 92 valence electrons. The van der Waals surface area contributed by atoms with Crippen LogP contribution in [0.4, 0.5) is 5.69 Å². The number of anilines is 1. The van der Waals surface area contributed by atoms with E-state index in [1.807, 2.05) is 6.07 Å². The van der Waals surface area contributed by atoms with E-state index in [-0.39, 0.29) is 0 Å². The van der Waals surface area contributed by atoms with Crippen LogP contribution in [0.3, 0.4) is 0 Å². The molecule has 0 saturated heterocycles. The average molecular weight is 233 g/mol. The molecule has 2 rings (SSSR count). The van der Waals surface area contributed by atoms with Crippen molar-refractivity contribution in [3.63, 3.8) is 0 Å². The van der Waals surface area contributed by atoms with Crippen LogP contribution in [0.25, 0.3) is 0 Å². The lowest BCUT2D eigenvalue weighted by molar-refractivity contribution is -0.138. The van der Waals surface area contributed by atoms with Crippen LogP contribution in [-0.4, -0.2) is 23.7 Å². The Labute approximate surface area is 102 Å². The highest BCUT2D eigenvalue weighted by atomic mass is 16.4. The van der Waals surface area contributed by atoms with E-state index < -0.39 is 11.9 Å². The molecule has 1 aromatic carbocycles. The first kappa shape index (κ1) is 12.0. The van der Waals surface area contributed by atoms with Gasteiger partial charge in [-0.1, -0.05) is 12.1 Å². The van der Waals surface area contributed by atoms with Crippen molar-refractivity contribution >= 4 is 11.7 Å². The molecule has 1 aliphatic heterocycles. The molecule has 0 radical (unpaired) electrons. The summed E-state index contributed by atoms with van der Waals surface area (Å²) in [6.45, 7) is 7.14. The van der Waals surface area contributed by atoms with E-state index in [0.717, 1.165) is 18.5 Å². The van der Waals surface area contributed by atoms with Gasteiger partial charge in [-0.2, -0.15) is 0 Å². The molecule has 1 aromatic rings. The summed E-state index contributed by atoms with van der Waals surface area (Å²) < 4.78 is 0. The van der Waals surface area contributed by atoms with Gasteiger partial charge in [0.1, 0.15) is 0 Å². The number of fused-ring (bicyclic) bond motifs is 1. The summed E-state index contributed by atoms with van der Waals surface area (Å²) in [4.78, 5) is 13.3. The second-order valence-corrected chi connectivity index (χ2v) is 4.99. The highest BCUT2D eigenvalue weighted by Crippen LogP contribution is 2.32. The van der Waals surface area contributed by atoms with Crippen molar-refractivity contribution in [2.24, 2.45) is 0 Å². The second kappa shape index (κ2) is 4.40. The van der Waals surface area contributed by atoms with Crippen LogP contribution in [0.2, 0.25) is 0 Å². The number of carboxylic acid groups (broad SMARTS) is 1. The molecular formula is C14H19NO2. The SMILES string of the molecule is CC(C(=O)O)c1ccc2c(c1)CCN2C(C)C. The predicted octanol–water partition coefficient (Wildman–Crippen LogP) is 2.65. The molecule has 1 unspecified atom stereocenters. The number of hydrogen-bond donors (Lipinski definition) is 1. The Morgan fingerprint density at radius 1 is 1.35 bits per heavy atom. The van der Waals surface area contributed by atoms with Crippen LogP contribution < -0.4 is 4.90 Å². The van der Waals surface area contributed by atoms with Crippen molar-refractivity contribution < 1.29 is 9.90 Å². The minimum atomic E-state index is -0.760. The Kier molecular flexibility index (Phi) is 3.09. The van der Waals surface area contributed by atoms with Crippen molar-refractivity contribution in [2.75, 3.05) is 11.4 Å². The minimum absolute atomic E-state index is 0.423. The Balaban J connectivity index is 2.31. The maximum atomic E-state index is 11.0. The Morgan fingerprint density at radius 3 is 2.65 bits per heavy atom. The second-order valence-electron chi connectivity index (χ2n) is 4.99. The van der Waals surface area contributed by atoms with Crippen LogP contribution in [0.5, 0.6) is 0 Å². The van der Waals surface area contributed by atoms with E-state index in [1.165, 1.54) is 11.3 Å². The third-order valence-corrected chi connectivity index (χ3v) is 3.53. The molecule has 0 aromatic heterocycles. The smallest absolute Gasteiger partial charge is 0.310 e. The third kappa shape index (κ3) is 2.14. The van der Waals surface area contributed by atoms with Gasteiger partial charge in [0, 0.05) is 18.3 Å². The summed E-state index contributed by atoms with van der Waals surface area (Å²) >= 11 is 0. The van der Waals surface area contributed by atoms with Crippen LogP contribution >= 0.6 is 0 Å². The van der Waals surface area contributed by atoms with Gasteiger partial charge in [0.25, 0.3) is 0 Å². The van der Waals surface area contributed by atoms with Crippen molar-refractivity contribution in [1.29, 1.82) is 0 Å². The van der Waals surface area contributed by atoms with E-state index in [2.05, 4.69) is 30.9 Å². The fourth-order valence-corrected chi connectivity index (χ4v) is 2.40. The summed E-state index contributed by atoms with van der Waals surface area (Å²) in [6, 6.07) is 6.56. The number of hydrogen-bond acceptors (Lipinski definition) is 2. The fourth-order valence-electron chi connectivity index (χ4n) is 2.40. The molecule has 17 heavy (non-hydrogen) atoms. The maximum absolute atomic E-state index is 11.0. The Bertz CT molecular complexity index is 440. The van der Waals surface area contributed by atoms with Gasteiger partial charge in [0.2, 0.25) is 0 Å². The van der Waals surface area contributed by atoms with E-state index in [9.17, 15) is 4.79 Å². The molecule has 1 aliphatic rings. The monoisotopic (exact) mass is 233 g/mol. The average Bonchev–Trinajstić information content (AvgIpc) is 2.70. The largest absolute Gasteiger partial charge is 0.481 e. The molecule has 1 N–H and O–H groups in total. The molecule has 3 heteroatoms. The lowest BCUT2D eigenvalue weighted by atomic mass is 9.98. The zero-order valence-corrected chi connectivity index (χ0v) is 10.6. The summed E-state index contributed by atoms with van der Waals surface area (Å²) in [5.41, 5.74) is 3.45. The molecule has 1 atom stereocenters. The standard InChI is InChI=1S/C14H19NO2/c1-9(2)15-7-6-12-8-11(4-5-13(12)15)10(3)14(16)17/h4-5,8-10H,6-7H2,1-3H3,(H,16,17). The van der Waals surface area contributed by atoms with Crippen LogP contribution in [-0.2, 0) is 11.2 Å². The first-order chi connectivity index (χ1) is 8.00. The quantitative estimate of drug-likeness (QED) is 0.872. The van der Waals surface area contributed by atoms with Crippen LogP contribution in [0, 0.1) is 0 Å². The fraction of sp³-hybridized carbons (Fsp3) is 0.500. The Hall–Kier alpha value is -1.51. The molecule has 1 heterocycles.